The van der Waals surface area contributed by atoms with E-state index in [2.05, 4.69) is 15.3 Å². The Balaban J connectivity index is 2.02. The van der Waals surface area contributed by atoms with Crippen molar-refractivity contribution in [2.75, 3.05) is 11.4 Å². The number of rotatable bonds is 4. The van der Waals surface area contributed by atoms with E-state index in [0.717, 1.165) is 25.7 Å². The van der Waals surface area contributed by atoms with E-state index < -0.39 is 10.0 Å². The van der Waals surface area contributed by atoms with Crippen molar-refractivity contribution in [2.45, 2.75) is 36.5 Å². The van der Waals surface area contributed by atoms with Crippen LogP contribution in [0.4, 0.5) is 5.13 Å². The van der Waals surface area contributed by atoms with Gasteiger partial charge in [-0.05, 0) is 12.8 Å². The van der Waals surface area contributed by atoms with Gasteiger partial charge in [-0.2, -0.15) is 5.10 Å². The molecular weight excluding hydrogens is 310 g/mol. The van der Waals surface area contributed by atoms with Gasteiger partial charge in [-0.3, -0.25) is 4.68 Å². The Hall–Kier alpha value is -1.48. The van der Waals surface area contributed by atoms with Crippen LogP contribution in [-0.2, 0) is 17.1 Å². The highest BCUT2D eigenvalue weighted by Gasteiger charge is 2.32. The van der Waals surface area contributed by atoms with E-state index in [9.17, 15) is 8.42 Å². The zero-order valence-electron chi connectivity index (χ0n) is 11.9. The van der Waals surface area contributed by atoms with Crippen LogP contribution in [0.3, 0.4) is 0 Å². The molecule has 0 aromatic carbocycles. The Kier molecular flexibility index (Phi) is 3.70. The monoisotopic (exact) mass is 327 g/mol. The Morgan fingerprint density at radius 2 is 2.10 bits per heavy atom. The van der Waals surface area contributed by atoms with Gasteiger partial charge in [0.05, 0.1) is 5.69 Å². The van der Waals surface area contributed by atoms with Crippen LogP contribution >= 0.6 is 11.3 Å². The average molecular weight is 327 g/mol. The molecule has 9 heteroatoms. The van der Waals surface area contributed by atoms with Gasteiger partial charge >= 0.3 is 0 Å². The summed E-state index contributed by atoms with van der Waals surface area (Å²) < 4.78 is 28.4. The molecule has 114 valence electrons. The van der Waals surface area contributed by atoms with Crippen LogP contribution in [0.5, 0.6) is 0 Å². The quantitative estimate of drug-likeness (QED) is 0.854. The number of anilines is 1. The lowest BCUT2D eigenvalue weighted by atomic mass is 10.1. The maximum Gasteiger partial charge on any atom is 0.269 e. The topological polar surface area (TPSA) is 81.0 Å². The first-order chi connectivity index (χ1) is 10.00. The summed E-state index contributed by atoms with van der Waals surface area (Å²) in [6.07, 6.45) is 5.85. The number of nitrogens with zero attached hydrogens (tertiary/aromatic N) is 5. The summed E-state index contributed by atoms with van der Waals surface area (Å²) >= 11 is 1.19. The van der Waals surface area contributed by atoms with Crippen molar-refractivity contribution in [3.05, 3.63) is 17.4 Å². The lowest BCUT2D eigenvalue weighted by molar-refractivity contribution is 0.589. The third kappa shape index (κ3) is 2.55. The first kappa shape index (κ1) is 14.5. The van der Waals surface area contributed by atoms with Crippen LogP contribution < -0.4 is 4.31 Å². The average Bonchev–Trinajstić information content (AvgIpc) is 3.18. The second-order valence-electron chi connectivity index (χ2n) is 5.23. The van der Waals surface area contributed by atoms with Gasteiger partial charge in [0.1, 0.15) is 10.4 Å². The Morgan fingerprint density at radius 3 is 2.71 bits per heavy atom. The lowest BCUT2D eigenvalue weighted by Gasteiger charge is -2.16. The highest BCUT2D eigenvalue weighted by Crippen LogP contribution is 2.37. The third-order valence-electron chi connectivity index (χ3n) is 3.82. The number of sulfonamides is 1. The molecule has 0 bridgehead atoms. The summed E-state index contributed by atoms with van der Waals surface area (Å²) in [4.78, 5) is 0.287. The zero-order chi connectivity index (χ0) is 15.0. The number of hydrogen-bond acceptors (Lipinski definition) is 6. The molecule has 0 aliphatic heterocycles. The number of hydrogen-bond donors (Lipinski definition) is 0. The maximum absolute atomic E-state index is 12.8. The van der Waals surface area contributed by atoms with Gasteiger partial charge in [0.25, 0.3) is 10.0 Å². The lowest BCUT2D eigenvalue weighted by Crippen LogP contribution is -2.27. The minimum absolute atomic E-state index is 0.235. The molecular formula is C12H17N5O2S2. The smallest absolute Gasteiger partial charge is 0.269 e. The van der Waals surface area contributed by atoms with Crippen molar-refractivity contribution in [3.8, 4) is 0 Å². The Bertz CT molecular complexity index is 717. The molecule has 1 aliphatic carbocycles. The summed E-state index contributed by atoms with van der Waals surface area (Å²) in [5.41, 5.74) is 2.20. The molecule has 0 spiro atoms. The molecule has 0 saturated heterocycles. The van der Waals surface area contributed by atoms with Crippen molar-refractivity contribution >= 4 is 26.5 Å². The minimum Gasteiger partial charge on any atom is -0.274 e. The highest BCUT2D eigenvalue weighted by atomic mass is 32.2. The van der Waals surface area contributed by atoms with E-state index in [0.29, 0.717) is 10.8 Å². The van der Waals surface area contributed by atoms with Crippen LogP contribution in [0.1, 0.15) is 37.3 Å². The zero-order valence-corrected chi connectivity index (χ0v) is 13.6. The third-order valence-corrected chi connectivity index (χ3v) is 6.47. The molecule has 0 atom stereocenters. The van der Waals surface area contributed by atoms with Crippen LogP contribution in [0.2, 0.25) is 0 Å². The van der Waals surface area contributed by atoms with Gasteiger partial charge in [0.2, 0.25) is 5.13 Å². The van der Waals surface area contributed by atoms with Crippen molar-refractivity contribution in [3.63, 3.8) is 0 Å². The fraction of sp³-hybridized carbons (Fsp3) is 0.583. The standard InChI is InChI=1S/C12H17N5O2S2/c1-16-7-10(11(15-16)9-5-3-4-6-9)21(18,19)17(2)12-14-13-8-20-12/h7-9H,3-6H2,1-2H3. The molecule has 0 unspecified atom stereocenters. The minimum atomic E-state index is -3.65. The van der Waals surface area contributed by atoms with Crippen molar-refractivity contribution in [1.29, 1.82) is 0 Å². The number of aromatic nitrogens is 4. The van der Waals surface area contributed by atoms with Crippen LogP contribution in [-0.4, -0.2) is 35.4 Å². The van der Waals surface area contributed by atoms with E-state index >= 15 is 0 Å². The molecule has 1 fully saturated rings. The van der Waals surface area contributed by atoms with Crippen LogP contribution in [0.25, 0.3) is 0 Å². The second-order valence-corrected chi connectivity index (χ2v) is 7.98. The van der Waals surface area contributed by atoms with E-state index in [4.69, 9.17) is 0 Å². The molecule has 1 saturated carbocycles. The van der Waals surface area contributed by atoms with Crippen LogP contribution in [0.15, 0.2) is 16.6 Å². The summed E-state index contributed by atoms with van der Waals surface area (Å²) in [5, 5.41) is 12.3. The van der Waals surface area contributed by atoms with E-state index in [1.165, 1.54) is 28.2 Å². The Labute approximate surface area is 127 Å². The van der Waals surface area contributed by atoms with Gasteiger partial charge in [0, 0.05) is 26.2 Å². The predicted octanol–water partition coefficient (Wildman–Crippen LogP) is 1.75. The van der Waals surface area contributed by atoms with Crippen molar-refractivity contribution < 1.29 is 8.42 Å². The van der Waals surface area contributed by atoms with Gasteiger partial charge in [-0.1, -0.05) is 24.2 Å². The van der Waals surface area contributed by atoms with Crippen molar-refractivity contribution in [1.82, 2.24) is 20.0 Å². The molecule has 1 aliphatic rings. The first-order valence-corrected chi connectivity index (χ1v) is 9.11. The fourth-order valence-electron chi connectivity index (χ4n) is 2.72. The fourth-order valence-corrected chi connectivity index (χ4v) is 4.87. The van der Waals surface area contributed by atoms with Crippen LogP contribution in [0, 0.1) is 0 Å². The number of aryl methyl sites for hydroxylation is 1. The van der Waals surface area contributed by atoms with Gasteiger partial charge in [-0.15, -0.1) is 10.2 Å². The van der Waals surface area contributed by atoms with Gasteiger partial charge in [0.15, 0.2) is 0 Å². The predicted molar refractivity (Wildman–Crippen MR) is 79.9 cm³/mol. The van der Waals surface area contributed by atoms with E-state index in [-0.39, 0.29) is 10.8 Å². The largest absolute Gasteiger partial charge is 0.274 e. The summed E-state index contributed by atoms with van der Waals surface area (Å²) in [5.74, 6) is 0.235. The van der Waals surface area contributed by atoms with E-state index in [1.54, 1.807) is 17.9 Å². The Morgan fingerprint density at radius 1 is 1.38 bits per heavy atom. The van der Waals surface area contributed by atoms with E-state index in [1.807, 2.05) is 0 Å². The molecule has 3 rings (SSSR count). The normalized spacial score (nSPS) is 16.5. The highest BCUT2D eigenvalue weighted by molar-refractivity contribution is 7.93. The van der Waals surface area contributed by atoms with Gasteiger partial charge in [-0.25, -0.2) is 12.7 Å². The molecule has 0 radical (unpaired) electrons. The SMILES string of the molecule is CN(c1nncs1)S(=O)(=O)c1cn(C)nc1C1CCCC1. The molecule has 2 aromatic rings. The molecule has 0 amide bonds. The molecule has 2 aromatic heterocycles. The molecule has 7 nitrogen and oxygen atoms in total. The maximum atomic E-state index is 12.8. The molecule has 0 N–H and O–H groups in total. The summed E-state index contributed by atoms with van der Waals surface area (Å²) in [7, 11) is -0.398. The molecule has 2 heterocycles. The molecule has 21 heavy (non-hydrogen) atoms. The first-order valence-electron chi connectivity index (χ1n) is 6.79. The second kappa shape index (κ2) is 5.38. The summed E-state index contributed by atoms with van der Waals surface area (Å²) in [6.45, 7) is 0. The van der Waals surface area contributed by atoms with Gasteiger partial charge < -0.3 is 0 Å². The van der Waals surface area contributed by atoms with Crippen molar-refractivity contribution in [2.24, 2.45) is 7.05 Å². The summed E-state index contributed by atoms with van der Waals surface area (Å²) in [6, 6.07) is 0.